The Balaban J connectivity index is 1.94. The molecule has 2 aromatic carbocycles. The first-order valence-corrected chi connectivity index (χ1v) is 8.21. The van der Waals surface area contributed by atoms with Gasteiger partial charge in [0.2, 0.25) is 0 Å². The van der Waals surface area contributed by atoms with Gasteiger partial charge < -0.3 is 4.74 Å². The van der Waals surface area contributed by atoms with Crippen molar-refractivity contribution in [2.75, 3.05) is 11.5 Å². The van der Waals surface area contributed by atoms with Crippen LogP contribution in [0.25, 0.3) is 6.08 Å². The van der Waals surface area contributed by atoms with E-state index in [-0.39, 0.29) is 12.2 Å². The molecule has 0 spiro atoms. The Morgan fingerprint density at radius 2 is 1.89 bits per heavy atom. The van der Waals surface area contributed by atoms with Crippen LogP contribution < -0.4 is 15.0 Å². The Labute approximate surface area is 160 Å². The van der Waals surface area contributed by atoms with Crippen LogP contribution in [0, 0.1) is 12.3 Å². The lowest BCUT2D eigenvalue weighted by Gasteiger charge is -2.26. The summed E-state index contributed by atoms with van der Waals surface area (Å²) in [6, 6.07) is 12.0. The second-order valence-electron chi connectivity index (χ2n) is 5.50. The molecule has 0 saturated carbocycles. The lowest BCUT2D eigenvalue weighted by molar-refractivity contribution is -0.122. The van der Waals surface area contributed by atoms with Gasteiger partial charge in [-0.25, -0.2) is 9.69 Å². The number of terminal acetylenes is 1. The molecule has 1 heterocycles. The molecule has 0 radical (unpaired) electrons. The predicted molar refractivity (Wildman–Crippen MR) is 101 cm³/mol. The van der Waals surface area contributed by atoms with Crippen molar-refractivity contribution in [3.05, 3.63) is 64.7 Å². The van der Waals surface area contributed by atoms with Gasteiger partial charge in [0.15, 0.2) is 0 Å². The molecular formula is C20H13ClN2O4. The molecule has 134 valence electrons. The van der Waals surface area contributed by atoms with Crippen molar-refractivity contribution >= 4 is 41.2 Å². The van der Waals surface area contributed by atoms with E-state index in [1.54, 1.807) is 36.4 Å². The number of halogens is 1. The monoisotopic (exact) mass is 380 g/mol. The number of rotatable bonds is 4. The largest absolute Gasteiger partial charge is 0.481 e. The van der Waals surface area contributed by atoms with E-state index in [2.05, 4.69) is 11.2 Å². The van der Waals surface area contributed by atoms with Crippen molar-refractivity contribution in [2.24, 2.45) is 0 Å². The first-order valence-electron chi connectivity index (χ1n) is 7.83. The second kappa shape index (κ2) is 7.77. The minimum absolute atomic E-state index is 0.0955. The molecule has 2 aromatic rings. The minimum atomic E-state index is -0.824. The lowest BCUT2D eigenvalue weighted by Crippen LogP contribution is -2.54. The molecule has 4 amide bonds. The quantitative estimate of drug-likeness (QED) is 0.502. The molecule has 1 saturated heterocycles. The number of hydrogen-bond acceptors (Lipinski definition) is 4. The van der Waals surface area contributed by atoms with E-state index in [9.17, 15) is 14.4 Å². The summed E-state index contributed by atoms with van der Waals surface area (Å²) >= 11 is 5.84. The van der Waals surface area contributed by atoms with Crippen LogP contribution >= 0.6 is 11.6 Å². The number of imide groups is 2. The molecule has 0 bridgehead atoms. The highest BCUT2D eigenvalue weighted by Gasteiger charge is 2.36. The fourth-order valence-electron chi connectivity index (χ4n) is 2.47. The van der Waals surface area contributed by atoms with Gasteiger partial charge in [-0.3, -0.25) is 14.9 Å². The number of ether oxygens (including phenoxy) is 1. The lowest BCUT2D eigenvalue weighted by atomic mass is 10.1. The maximum atomic E-state index is 12.8. The molecule has 0 unspecified atom stereocenters. The normalized spacial score (nSPS) is 15.5. The summed E-state index contributed by atoms with van der Waals surface area (Å²) in [4.78, 5) is 38.0. The molecular weight excluding hydrogens is 368 g/mol. The zero-order chi connectivity index (χ0) is 19.4. The van der Waals surface area contributed by atoms with Crippen LogP contribution in [0.3, 0.4) is 0 Å². The SMILES string of the molecule is C#CCOc1cccc(/C=C2/C(=O)NC(=O)N(c3ccc(Cl)cc3)C2=O)c1. The Bertz CT molecular complexity index is 990. The van der Waals surface area contributed by atoms with E-state index < -0.39 is 17.8 Å². The Kier molecular flexibility index (Phi) is 5.25. The van der Waals surface area contributed by atoms with E-state index in [1.807, 2.05) is 0 Å². The van der Waals surface area contributed by atoms with E-state index in [0.29, 0.717) is 22.0 Å². The van der Waals surface area contributed by atoms with Crippen molar-refractivity contribution in [3.63, 3.8) is 0 Å². The van der Waals surface area contributed by atoms with Crippen LogP contribution in [-0.2, 0) is 9.59 Å². The number of carbonyl (C=O) groups is 3. The summed E-state index contributed by atoms with van der Waals surface area (Å²) in [5.41, 5.74) is 0.665. The van der Waals surface area contributed by atoms with Gasteiger partial charge in [-0.15, -0.1) is 6.42 Å². The number of hydrogen-bond donors (Lipinski definition) is 1. The zero-order valence-corrected chi connectivity index (χ0v) is 14.7. The first kappa shape index (κ1) is 18.2. The standard InChI is InChI=1S/C20H13ClN2O4/c1-2-10-27-16-5-3-4-13(11-16)12-17-18(24)22-20(26)23(19(17)25)15-8-6-14(21)7-9-15/h1,3-9,11-12H,10H2,(H,22,24,26)/b17-12-. The van der Waals surface area contributed by atoms with Gasteiger partial charge in [0.1, 0.15) is 17.9 Å². The van der Waals surface area contributed by atoms with Crippen LogP contribution in [0.5, 0.6) is 5.75 Å². The summed E-state index contributed by atoms with van der Waals surface area (Å²) in [5, 5.41) is 2.62. The van der Waals surface area contributed by atoms with Crippen LogP contribution in [0.4, 0.5) is 10.5 Å². The number of carbonyl (C=O) groups excluding carboxylic acids is 3. The number of benzene rings is 2. The van der Waals surface area contributed by atoms with Crippen LogP contribution in [0.1, 0.15) is 5.56 Å². The number of amides is 4. The minimum Gasteiger partial charge on any atom is -0.481 e. The highest BCUT2D eigenvalue weighted by molar-refractivity contribution is 6.39. The van der Waals surface area contributed by atoms with Gasteiger partial charge in [-0.1, -0.05) is 29.7 Å². The number of barbiturate groups is 1. The van der Waals surface area contributed by atoms with Crippen LogP contribution in [-0.4, -0.2) is 24.5 Å². The molecule has 0 atom stereocenters. The van der Waals surface area contributed by atoms with Gasteiger partial charge in [0.05, 0.1) is 5.69 Å². The molecule has 1 N–H and O–H groups in total. The summed E-state index contributed by atoms with van der Waals surface area (Å²) in [5.74, 6) is 1.34. The molecule has 7 heteroatoms. The molecule has 1 aliphatic heterocycles. The third kappa shape index (κ3) is 4.00. The van der Waals surface area contributed by atoms with Crippen molar-refractivity contribution in [3.8, 4) is 18.1 Å². The van der Waals surface area contributed by atoms with Gasteiger partial charge >= 0.3 is 6.03 Å². The van der Waals surface area contributed by atoms with Gasteiger partial charge in [-0.2, -0.15) is 0 Å². The molecule has 6 nitrogen and oxygen atoms in total. The maximum absolute atomic E-state index is 12.8. The van der Waals surface area contributed by atoms with Crippen LogP contribution in [0.15, 0.2) is 54.1 Å². The van der Waals surface area contributed by atoms with Gasteiger partial charge in [0, 0.05) is 5.02 Å². The van der Waals surface area contributed by atoms with Gasteiger partial charge in [-0.05, 0) is 48.0 Å². The smallest absolute Gasteiger partial charge is 0.335 e. The topological polar surface area (TPSA) is 75.7 Å². The van der Waals surface area contributed by atoms with Crippen molar-refractivity contribution in [1.82, 2.24) is 5.32 Å². The number of urea groups is 1. The summed E-state index contributed by atoms with van der Waals surface area (Å²) in [7, 11) is 0. The average Bonchev–Trinajstić information content (AvgIpc) is 2.65. The van der Waals surface area contributed by atoms with E-state index in [1.165, 1.54) is 18.2 Å². The van der Waals surface area contributed by atoms with Crippen molar-refractivity contribution in [1.29, 1.82) is 0 Å². The molecule has 0 aromatic heterocycles. The number of anilines is 1. The van der Waals surface area contributed by atoms with E-state index in [0.717, 1.165) is 4.90 Å². The molecule has 3 rings (SSSR count). The predicted octanol–water partition coefficient (Wildman–Crippen LogP) is 3.02. The third-order valence-corrected chi connectivity index (χ3v) is 3.93. The Hall–Kier alpha value is -3.56. The molecule has 0 aliphatic carbocycles. The number of nitrogens with one attached hydrogen (secondary N) is 1. The Morgan fingerprint density at radius 3 is 2.59 bits per heavy atom. The first-order chi connectivity index (χ1) is 13.0. The number of nitrogens with zero attached hydrogens (tertiary/aromatic N) is 1. The molecule has 1 aliphatic rings. The summed E-state index contributed by atoms with van der Waals surface area (Å²) in [6.07, 6.45) is 6.55. The van der Waals surface area contributed by atoms with Crippen LogP contribution in [0.2, 0.25) is 5.02 Å². The van der Waals surface area contributed by atoms with E-state index >= 15 is 0 Å². The fraction of sp³-hybridized carbons (Fsp3) is 0.0500. The fourth-order valence-corrected chi connectivity index (χ4v) is 2.59. The van der Waals surface area contributed by atoms with Crippen molar-refractivity contribution in [2.45, 2.75) is 0 Å². The highest BCUT2D eigenvalue weighted by atomic mass is 35.5. The zero-order valence-electron chi connectivity index (χ0n) is 13.9. The molecule has 27 heavy (non-hydrogen) atoms. The summed E-state index contributed by atoms with van der Waals surface area (Å²) < 4.78 is 5.33. The average molecular weight is 381 g/mol. The van der Waals surface area contributed by atoms with Gasteiger partial charge in [0.25, 0.3) is 11.8 Å². The maximum Gasteiger partial charge on any atom is 0.335 e. The highest BCUT2D eigenvalue weighted by Crippen LogP contribution is 2.24. The van der Waals surface area contributed by atoms with Crippen molar-refractivity contribution < 1.29 is 19.1 Å². The van der Waals surface area contributed by atoms with E-state index in [4.69, 9.17) is 22.8 Å². The Morgan fingerprint density at radius 1 is 1.15 bits per heavy atom. The summed E-state index contributed by atoms with van der Waals surface area (Å²) in [6.45, 7) is 0.0955. The second-order valence-corrected chi connectivity index (χ2v) is 5.94. The molecule has 1 fully saturated rings. The third-order valence-electron chi connectivity index (χ3n) is 3.68.